The van der Waals surface area contributed by atoms with E-state index in [1.807, 2.05) is 19.1 Å². The second-order valence-corrected chi connectivity index (χ2v) is 6.84. The average Bonchev–Trinajstić information content (AvgIpc) is 2.93. The van der Waals surface area contributed by atoms with Crippen LogP contribution in [-0.4, -0.2) is 19.5 Å². The van der Waals surface area contributed by atoms with Crippen LogP contribution in [0.4, 0.5) is 0 Å². The van der Waals surface area contributed by atoms with Crippen LogP contribution in [0.2, 0.25) is 4.34 Å². The Morgan fingerprint density at radius 3 is 2.77 bits per heavy atom. The minimum absolute atomic E-state index is 0.0825. The number of hydrogen-bond acceptors (Lipinski definition) is 4. The lowest BCUT2D eigenvalue weighted by Gasteiger charge is -2.12. The first-order valence-corrected chi connectivity index (χ1v) is 8.52. The van der Waals surface area contributed by atoms with Gasteiger partial charge in [0.1, 0.15) is 0 Å². The number of methoxy groups -OCH3 is 1. The summed E-state index contributed by atoms with van der Waals surface area (Å²) in [6.45, 7) is 2.45. The van der Waals surface area contributed by atoms with E-state index in [2.05, 4.69) is 15.9 Å². The van der Waals surface area contributed by atoms with E-state index in [1.165, 1.54) is 17.4 Å². The maximum Gasteiger partial charge on any atom is 0.195 e. The van der Waals surface area contributed by atoms with Crippen molar-refractivity contribution in [3.63, 3.8) is 0 Å². The third kappa shape index (κ3) is 4.12. The number of carbonyl (C=O) groups is 1. The molecular weight excluding hydrogens is 388 g/mol. The van der Waals surface area contributed by atoms with Gasteiger partial charge in [-0.25, -0.2) is 0 Å². The second-order valence-electron chi connectivity index (χ2n) is 4.27. The van der Waals surface area contributed by atoms with Gasteiger partial charge in [-0.05, 0) is 58.8 Å². The van der Waals surface area contributed by atoms with Gasteiger partial charge in [-0.3, -0.25) is 4.79 Å². The lowest BCUT2D eigenvalue weighted by atomic mass is 10.1. The molecule has 0 N–H and O–H groups in total. The third-order valence-corrected chi connectivity index (χ3v) is 4.62. The fourth-order valence-corrected chi connectivity index (χ4v) is 3.36. The van der Waals surface area contributed by atoms with Crippen molar-refractivity contribution >= 4 is 50.7 Å². The Balaban J connectivity index is 2.24. The van der Waals surface area contributed by atoms with Gasteiger partial charge >= 0.3 is 0 Å². The Bertz CT molecular complexity index is 709. The van der Waals surface area contributed by atoms with Crippen molar-refractivity contribution in [2.24, 2.45) is 0 Å². The van der Waals surface area contributed by atoms with E-state index < -0.39 is 0 Å². The second kappa shape index (κ2) is 7.81. The van der Waals surface area contributed by atoms with Gasteiger partial charge in [0.15, 0.2) is 17.3 Å². The number of ketones is 1. The number of carbonyl (C=O) groups excluding carboxylic acids is 1. The summed E-state index contributed by atoms with van der Waals surface area (Å²) in [6, 6.07) is 7.12. The first-order chi connectivity index (χ1) is 10.5. The highest BCUT2D eigenvalue weighted by molar-refractivity contribution is 9.10. The van der Waals surface area contributed by atoms with Crippen LogP contribution in [0, 0.1) is 0 Å². The predicted molar refractivity (Wildman–Crippen MR) is 94.6 cm³/mol. The molecule has 6 heteroatoms. The molecule has 1 aromatic carbocycles. The Morgan fingerprint density at radius 1 is 1.41 bits per heavy atom. The summed E-state index contributed by atoms with van der Waals surface area (Å²) >= 11 is 10.6. The SMILES string of the molecule is CCOc1c(Br)cc(/C=C/C(=O)c2ccc(Cl)s2)cc1OC. The molecule has 0 radical (unpaired) electrons. The van der Waals surface area contributed by atoms with E-state index in [1.54, 1.807) is 25.3 Å². The van der Waals surface area contributed by atoms with Crippen molar-refractivity contribution in [1.29, 1.82) is 0 Å². The lowest BCUT2D eigenvalue weighted by Crippen LogP contribution is -1.97. The molecule has 22 heavy (non-hydrogen) atoms. The van der Waals surface area contributed by atoms with Crippen LogP contribution in [0.1, 0.15) is 22.2 Å². The van der Waals surface area contributed by atoms with Crippen LogP contribution < -0.4 is 9.47 Å². The molecule has 0 bridgehead atoms. The molecule has 0 fully saturated rings. The maximum absolute atomic E-state index is 12.0. The number of benzene rings is 1. The van der Waals surface area contributed by atoms with Gasteiger partial charge < -0.3 is 9.47 Å². The van der Waals surface area contributed by atoms with Crippen LogP contribution in [0.15, 0.2) is 34.8 Å². The molecule has 0 aliphatic rings. The maximum atomic E-state index is 12.0. The van der Waals surface area contributed by atoms with Gasteiger partial charge in [0.25, 0.3) is 0 Å². The summed E-state index contributed by atoms with van der Waals surface area (Å²) in [7, 11) is 1.58. The Hall–Kier alpha value is -1.30. The van der Waals surface area contributed by atoms with Crippen molar-refractivity contribution in [1.82, 2.24) is 0 Å². The molecule has 1 aromatic heterocycles. The van der Waals surface area contributed by atoms with Crippen LogP contribution >= 0.6 is 38.9 Å². The average molecular weight is 402 g/mol. The first kappa shape index (κ1) is 17.1. The summed E-state index contributed by atoms with van der Waals surface area (Å²) in [5.41, 5.74) is 0.836. The Morgan fingerprint density at radius 2 is 2.18 bits per heavy atom. The highest BCUT2D eigenvalue weighted by Gasteiger charge is 2.11. The molecule has 0 saturated heterocycles. The first-order valence-electron chi connectivity index (χ1n) is 6.53. The molecule has 0 spiro atoms. The summed E-state index contributed by atoms with van der Waals surface area (Å²) in [6.07, 6.45) is 3.25. The highest BCUT2D eigenvalue weighted by Crippen LogP contribution is 2.37. The fourth-order valence-electron chi connectivity index (χ4n) is 1.82. The molecule has 0 amide bonds. The molecule has 2 aromatic rings. The number of thiophene rings is 1. The van der Waals surface area contributed by atoms with E-state index >= 15 is 0 Å². The minimum atomic E-state index is -0.0825. The van der Waals surface area contributed by atoms with Crippen molar-refractivity contribution in [2.75, 3.05) is 13.7 Å². The lowest BCUT2D eigenvalue weighted by molar-refractivity contribution is 0.105. The van der Waals surface area contributed by atoms with E-state index in [9.17, 15) is 4.79 Å². The molecular formula is C16H14BrClO3S. The molecule has 0 aliphatic heterocycles. The van der Waals surface area contributed by atoms with Gasteiger partial charge in [-0.2, -0.15) is 0 Å². The molecule has 0 saturated carbocycles. The largest absolute Gasteiger partial charge is 0.493 e. The smallest absolute Gasteiger partial charge is 0.195 e. The zero-order valence-corrected chi connectivity index (χ0v) is 15.2. The highest BCUT2D eigenvalue weighted by atomic mass is 79.9. The van der Waals surface area contributed by atoms with Crippen molar-refractivity contribution in [2.45, 2.75) is 6.92 Å². The minimum Gasteiger partial charge on any atom is -0.493 e. The standard InChI is InChI=1S/C16H14BrClO3S/c1-3-21-16-11(17)8-10(9-13(16)20-2)4-5-12(19)14-6-7-15(18)22-14/h4-9H,3H2,1-2H3/b5-4+. The Labute approximate surface area is 146 Å². The van der Waals surface area contributed by atoms with Gasteiger partial charge in [0, 0.05) is 0 Å². The van der Waals surface area contributed by atoms with Crippen LogP contribution in [0.5, 0.6) is 11.5 Å². The number of rotatable bonds is 6. The van der Waals surface area contributed by atoms with Crippen LogP contribution in [0.25, 0.3) is 6.08 Å². The quantitative estimate of drug-likeness (QED) is 0.476. The van der Waals surface area contributed by atoms with Crippen LogP contribution in [0.3, 0.4) is 0 Å². The Kier molecular flexibility index (Phi) is 6.06. The number of allylic oxidation sites excluding steroid dienone is 1. The molecule has 0 atom stereocenters. The summed E-state index contributed by atoms with van der Waals surface area (Å²) < 4.78 is 12.2. The van der Waals surface area contributed by atoms with E-state index in [0.29, 0.717) is 27.3 Å². The molecule has 0 unspecified atom stereocenters. The normalized spacial score (nSPS) is 10.9. The summed E-state index contributed by atoms with van der Waals surface area (Å²) in [4.78, 5) is 12.6. The third-order valence-electron chi connectivity index (χ3n) is 2.78. The zero-order valence-electron chi connectivity index (χ0n) is 12.1. The van der Waals surface area contributed by atoms with Crippen LogP contribution in [-0.2, 0) is 0 Å². The molecule has 2 rings (SSSR count). The monoisotopic (exact) mass is 400 g/mol. The van der Waals surface area contributed by atoms with Gasteiger partial charge in [0.05, 0.1) is 27.4 Å². The molecule has 0 aliphatic carbocycles. The molecule has 1 heterocycles. The van der Waals surface area contributed by atoms with Gasteiger partial charge in [0.2, 0.25) is 0 Å². The number of halogens is 2. The van der Waals surface area contributed by atoms with Gasteiger partial charge in [-0.15, -0.1) is 11.3 Å². The van der Waals surface area contributed by atoms with E-state index in [4.69, 9.17) is 21.1 Å². The molecule has 116 valence electrons. The number of hydrogen-bond donors (Lipinski definition) is 0. The van der Waals surface area contributed by atoms with E-state index in [0.717, 1.165) is 10.0 Å². The molecule has 3 nitrogen and oxygen atoms in total. The number of ether oxygens (including phenoxy) is 2. The fraction of sp³-hybridized carbons (Fsp3) is 0.188. The predicted octanol–water partition coefficient (Wildman–Crippen LogP) is 5.47. The van der Waals surface area contributed by atoms with Gasteiger partial charge in [-0.1, -0.05) is 17.7 Å². The van der Waals surface area contributed by atoms with Crippen molar-refractivity contribution in [3.05, 3.63) is 49.6 Å². The van der Waals surface area contributed by atoms with Crippen molar-refractivity contribution < 1.29 is 14.3 Å². The van der Waals surface area contributed by atoms with E-state index in [-0.39, 0.29) is 5.78 Å². The van der Waals surface area contributed by atoms with Crippen molar-refractivity contribution in [3.8, 4) is 11.5 Å². The topological polar surface area (TPSA) is 35.5 Å². The zero-order chi connectivity index (χ0) is 16.1. The summed E-state index contributed by atoms with van der Waals surface area (Å²) in [5, 5.41) is 0. The summed E-state index contributed by atoms with van der Waals surface area (Å²) in [5.74, 6) is 1.18.